The number of pyridine rings is 1. The summed E-state index contributed by atoms with van der Waals surface area (Å²) in [7, 11) is 1.57. The summed E-state index contributed by atoms with van der Waals surface area (Å²) in [6, 6.07) is 8.25. The van der Waals surface area contributed by atoms with Gasteiger partial charge < -0.3 is 4.74 Å². The van der Waals surface area contributed by atoms with Crippen molar-refractivity contribution in [1.29, 1.82) is 0 Å². The summed E-state index contributed by atoms with van der Waals surface area (Å²) in [5.74, 6) is 1.63. The van der Waals surface area contributed by atoms with Crippen LogP contribution in [0.15, 0.2) is 60.5 Å². The highest BCUT2D eigenvalue weighted by Crippen LogP contribution is 2.30. The largest absolute Gasteiger partial charge is 0.496 e. The maximum Gasteiger partial charge on any atom is 0.192 e. The molecule has 0 N–H and O–H groups in total. The Bertz CT molecular complexity index is 867. The zero-order valence-corrected chi connectivity index (χ0v) is 14.5. The lowest BCUT2D eigenvalue weighted by Crippen LogP contribution is -2.01. The van der Waals surface area contributed by atoms with Gasteiger partial charge in [0.05, 0.1) is 7.11 Å². The van der Waals surface area contributed by atoms with E-state index in [2.05, 4.69) is 21.8 Å². The van der Waals surface area contributed by atoms with Crippen molar-refractivity contribution >= 4 is 11.8 Å². The quantitative estimate of drug-likeness (QED) is 0.474. The molecule has 0 bridgehead atoms. The van der Waals surface area contributed by atoms with Crippen LogP contribution in [0, 0.1) is 5.82 Å². The Kier molecular flexibility index (Phi) is 5.45. The molecule has 0 atom stereocenters. The lowest BCUT2D eigenvalue weighted by Gasteiger charge is -2.10. The first-order chi connectivity index (χ1) is 12.2. The lowest BCUT2D eigenvalue weighted by molar-refractivity contribution is 0.410. The van der Waals surface area contributed by atoms with Gasteiger partial charge in [-0.05, 0) is 30.3 Å². The van der Waals surface area contributed by atoms with Crippen molar-refractivity contribution in [1.82, 2.24) is 19.7 Å². The van der Waals surface area contributed by atoms with E-state index in [0.717, 1.165) is 22.1 Å². The van der Waals surface area contributed by atoms with Crippen LogP contribution in [-0.2, 0) is 12.3 Å². The normalized spacial score (nSPS) is 10.6. The first kappa shape index (κ1) is 17.2. The summed E-state index contributed by atoms with van der Waals surface area (Å²) in [5, 5.41) is 9.30. The fraction of sp³-hybridized carbons (Fsp3) is 0.167. The molecule has 0 unspecified atom stereocenters. The topological polar surface area (TPSA) is 52.8 Å². The second-order valence-corrected chi connectivity index (χ2v) is 6.13. The zero-order valence-electron chi connectivity index (χ0n) is 13.7. The van der Waals surface area contributed by atoms with Crippen LogP contribution in [0.3, 0.4) is 0 Å². The molecule has 0 radical (unpaired) electrons. The lowest BCUT2D eigenvalue weighted by atomic mass is 10.2. The van der Waals surface area contributed by atoms with E-state index in [9.17, 15) is 4.39 Å². The highest BCUT2D eigenvalue weighted by atomic mass is 32.2. The second kappa shape index (κ2) is 7.94. The van der Waals surface area contributed by atoms with Crippen LogP contribution in [-0.4, -0.2) is 26.9 Å². The molecule has 25 heavy (non-hydrogen) atoms. The van der Waals surface area contributed by atoms with Crippen molar-refractivity contribution in [3.8, 4) is 17.1 Å². The van der Waals surface area contributed by atoms with Gasteiger partial charge >= 0.3 is 0 Å². The third-order valence-electron chi connectivity index (χ3n) is 3.57. The van der Waals surface area contributed by atoms with Crippen LogP contribution in [0.1, 0.15) is 5.56 Å². The van der Waals surface area contributed by atoms with Crippen molar-refractivity contribution in [3.05, 3.63) is 66.8 Å². The predicted molar refractivity (Wildman–Crippen MR) is 96.0 cm³/mol. The number of hydrogen-bond donors (Lipinski definition) is 0. The number of ether oxygens (including phenoxy) is 1. The van der Waals surface area contributed by atoms with E-state index in [0.29, 0.717) is 18.0 Å². The standard InChI is InChI=1S/C18H17FN4OS/c1-3-10-23-17(13-6-8-20-9-7-13)21-22-18(23)25-12-14-11-15(19)4-5-16(14)24-2/h3-9,11H,1,10,12H2,2H3. The molecule has 0 fully saturated rings. The number of nitrogens with zero attached hydrogens (tertiary/aromatic N) is 4. The summed E-state index contributed by atoms with van der Waals surface area (Å²) in [6.07, 6.45) is 5.22. The van der Waals surface area contributed by atoms with Gasteiger partial charge in [0.2, 0.25) is 0 Å². The fourth-order valence-corrected chi connectivity index (χ4v) is 3.33. The van der Waals surface area contributed by atoms with E-state index in [-0.39, 0.29) is 5.82 Å². The summed E-state index contributed by atoms with van der Waals surface area (Å²) < 4.78 is 20.8. The third kappa shape index (κ3) is 3.88. The predicted octanol–water partition coefficient (Wildman–Crippen LogP) is 3.97. The van der Waals surface area contributed by atoms with Gasteiger partial charge in [-0.2, -0.15) is 0 Å². The van der Waals surface area contributed by atoms with Crippen molar-refractivity contribution in [3.63, 3.8) is 0 Å². The number of aromatic nitrogens is 4. The maximum absolute atomic E-state index is 13.5. The number of benzene rings is 1. The Hall–Kier alpha value is -2.67. The zero-order chi connectivity index (χ0) is 17.6. The molecule has 5 nitrogen and oxygen atoms in total. The first-order valence-electron chi connectivity index (χ1n) is 7.62. The van der Waals surface area contributed by atoms with E-state index in [1.165, 1.54) is 23.9 Å². The van der Waals surface area contributed by atoms with Crippen LogP contribution in [0.25, 0.3) is 11.4 Å². The van der Waals surface area contributed by atoms with Crippen molar-refractivity contribution in [2.75, 3.05) is 7.11 Å². The molecule has 3 rings (SSSR count). The summed E-state index contributed by atoms with van der Waals surface area (Å²) in [5.41, 5.74) is 1.70. The van der Waals surface area contributed by atoms with Crippen LogP contribution < -0.4 is 4.74 Å². The molecule has 128 valence electrons. The number of thioether (sulfide) groups is 1. The van der Waals surface area contributed by atoms with Crippen LogP contribution >= 0.6 is 11.8 Å². The molecule has 2 aromatic heterocycles. The van der Waals surface area contributed by atoms with Gasteiger partial charge in [-0.15, -0.1) is 16.8 Å². The molecule has 3 aromatic rings. The second-order valence-electron chi connectivity index (χ2n) is 5.19. The van der Waals surface area contributed by atoms with Crippen molar-refractivity contribution in [2.45, 2.75) is 17.5 Å². The number of rotatable bonds is 7. The van der Waals surface area contributed by atoms with E-state index in [1.54, 1.807) is 31.6 Å². The Balaban J connectivity index is 1.87. The van der Waals surface area contributed by atoms with Gasteiger partial charge in [-0.1, -0.05) is 17.8 Å². The smallest absolute Gasteiger partial charge is 0.192 e. The summed E-state index contributed by atoms with van der Waals surface area (Å²) >= 11 is 1.47. The average Bonchev–Trinajstić information content (AvgIpc) is 3.04. The minimum atomic E-state index is -0.290. The minimum absolute atomic E-state index is 0.290. The average molecular weight is 356 g/mol. The van der Waals surface area contributed by atoms with E-state index < -0.39 is 0 Å². The molecule has 0 saturated carbocycles. The molecule has 0 aliphatic rings. The Labute approximate surface area is 149 Å². The highest BCUT2D eigenvalue weighted by Gasteiger charge is 2.14. The summed E-state index contributed by atoms with van der Waals surface area (Å²) in [4.78, 5) is 4.02. The van der Waals surface area contributed by atoms with Gasteiger partial charge in [-0.25, -0.2) is 4.39 Å². The van der Waals surface area contributed by atoms with Gasteiger partial charge in [0.25, 0.3) is 0 Å². The van der Waals surface area contributed by atoms with Gasteiger partial charge in [0.15, 0.2) is 11.0 Å². The molecule has 7 heteroatoms. The fourth-order valence-electron chi connectivity index (χ4n) is 2.41. The molecular weight excluding hydrogens is 339 g/mol. The first-order valence-corrected chi connectivity index (χ1v) is 8.61. The minimum Gasteiger partial charge on any atom is -0.496 e. The van der Waals surface area contributed by atoms with Crippen LogP contribution in [0.2, 0.25) is 0 Å². The number of allylic oxidation sites excluding steroid dienone is 1. The summed E-state index contributed by atoms with van der Waals surface area (Å²) in [6.45, 7) is 4.38. The van der Waals surface area contributed by atoms with Crippen LogP contribution in [0.5, 0.6) is 5.75 Å². The van der Waals surface area contributed by atoms with Gasteiger partial charge in [-0.3, -0.25) is 9.55 Å². The Morgan fingerprint density at radius 2 is 2.04 bits per heavy atom. The molecule has 0 spiro atoms. The van der Waals surface area contributed by atoms with Crippen molar-refractivity contribution < 1.29 is 9.13 Å². The van der Waals surface area contributed by atoms with Crippen molar-refractivity contribution in [2.24, 2.45) is 0 Å². The number of methoxy groups -OCH3 is 1. The highest BCUT2D eigenvalue weighted by molar-refractivity contribution is 7.98. The maximum atomic E-state index is 13.5. The van der Waals surface area contributed by atoms with Gasteiger partial charge in [0, 0.05) is 35.8 Å². The number of halogens is 1. The molecule has 0 aliphatic carbocycles. The number of hydrogen-bond acceptors (Lipinski definition) is 5. The molecule has 2 heterocycles. The van der Waals surface area contributed by atoms with E-state index in [4.69, 9.17) is 4.74 Å². The van der Waals surface area contributed by atoms with E-state index >= 15 is 0 Å². The molecular formula is C18H17FN4OS. The Morgan fingerprint density at radius 1 is 1.24 bits per heavy atom. The molecule has 0 amide bonds. The molecule has 0 saturated heterocycles. The van der Waals surface area contributed by atoms with Crippen LogP contribution in [0.4, 0.5) is 4.39 Å². The van der Waals surface area contributed by atoms with Gasteiger partial charge in [0.1, 0.15) is 11.6 Å². The molecule has 0 aliphatic heterocycles. The SMILES string of the molecule is C=CCn1c(SCc2cc(F)ccc2OC)nnc1-c1ccncc1. The Morgan fingerprint density at radius 3 is 2.76 bits per heavy atom. The third-order valence-corrected chi connectivity index (χ3v) is 4.58. The van der Waals surface area contributed by atoms with E-state index in [1.807, 2.05) is 16.7 Å². The monoisotopic (exact) mass is 356 g/mol. The molecule has 1 aromatic carbocycles.